The molecule has 0 aliphatic carbocycles. The topological polar surface area (TPSA) is 78.1 Å². The van der Waals surface area contributed by atoms with Crippen molar-refractivity contribution in [3.8, 4) is 0 Å². The lowest BCUT2D eigenvalue weighted by Crippen LogP contribution is -2.47. The minimum absolute atomic E-state index is 0.0339. The number of nitrogens with one attached hydrogen (secondary N) is 2. The second-order valence-corrected chi connectivity index (χ2v) is 5.19. The quantitative estimate of drug-likeness (QED) is 0.814. The van der Waals surface area contributed by atoms with E-state index in [0.29, 0.717) is 24.6 Å². The Morgan fingerprint density at radius 1 is 1.63 bits per heavy atom. The Bertz CT molecular complexity index is 540. The molecule has 1 aromatic rings. The third-order valence-corrected chi connectivity index (χ3v) is 3.65. The molecule has 1 atom stereocenters. The molecule has 0 saturated carbocycles. The lowest BCUT2D eigenvalue weighted by Gasteiger charge is -2.34. The van der Waals surface area contributed by atoms with E-state index < -0.39 is 5.54 Å². The van der Waals surface area contributed by atoms with Gasteiger partial charge >= 0.3 is 0 Å². The molecule has 1 fully saturated rings. The maximum Gasteiger partial charge on any atom is 0.251 e. The summed E-state index contributed by atoms with van der Waals surface area (Å²) in [4.78, 5) is 32.7. The van der Waals surface area contributed by atoms with Crippen molar-refractivity contribution in [3.05, 3.63) is 27.9 Å². The fourth-order valence-electron chi connectivity index (χ4n) is 2.69. The third-order valence-electron chi connectivity index (χ3n) is 3.65. The SMILES string of the molecule is CNCC(=O)N1CCCC1(C)c1nc(C)cc(=O)[nH]1. The van der Waals surface area contributed by atoms with Crippen LogP contribution in [0.5, 0.6) is 0 Å². The van der Waals surface area contributed by atoms with Gasteiger partial charge in [-0.2, -0.15) is 0 Å². The van der Waals surface area contributed by atoms with Gasteiger partial charge in [0.15, 0.2) is 0 Å². The van der Waals surface area contributed by atoms with Crippen molar-refractivity contribution in [3.63, 3.8) is 0 Å². The summed E-state index contributed by atoms with van der Waals surface area (Å²) in [7, 11) is 1.75. The Morgan fingerprint density at radius 2 is 2.37 bits per heavy atom. The predicted molar refractivity (Wildman–Crippen MR) is 71.8 cm³/mol. The Kier molecular flexibility index (Phi) is 3.71. The number of carbonyl (C=O) groups excluding carboxylic acids is 1. The Balaban J connectivity index is 2.39. The fraction of sp³-hybridized carbons (Fsp3) is 0.615. The maximum atomic E-state index is 12.1. The van der Waals surface area contributed by atoms with Gasteiger partial charge in [0, 0.05) is 18.3 Å². The monoisotopic (exact) mass is 264 g/mol. The zero-order valence-electron chi connectivity index (χ0n) is 11.6. The molecule has 1 aliphatic heterocycles. The molecular formula is C13H20N4O2. The molecule has 2 rings (SSSR count). The number of hydrogen-bond acceptors (Lipinski definition) is 4. The molecule has 6 heteroatoms. The van der Waals surface area contributed by atoms with Crippen molar-refractivity contribution in [1.29, 1.82) is 0 Å². The number of hydrogen-bond donors (Lipinski definition) is 2. The van der Waals surface area contributed by atoms with E-state index in [-0.39, 0.29) is 11.5 Å². The number of aryl methyl sites for hydroxylation is 1. The van der Waals surface area contributed by atoms with Crippen LogP contribution in [0.3, 0.4) is 0 Å². The first-order valence-corrected chi connectivity index (χ1v) is 6.51. The van der Waals surface area contributed by atoms with Crippen LogP contribution in [0.2, 0.25) is 0 Å². The van der Waals surface area contributed by atoms with Gasteiger partial charge < -0.3 is 15.2 Å². The van der Waals surface area contributed by atoms with E-state index in [2.05, 4.69) is 15.3 Å². The molecule has 1 saturated heterocycles. The number of likely N-dealkylation sites (N-methyl/N-ethyl adjacent to an activating group) is 1. The van der Waals surface area contributed by atoms with Crippen LogP contribution < -0.4 is 10.9 Å². The molecule has 2 N–H and O–H groups in total. The average molecular weight is 264 g/mol. The first-order valence-electron chi connectivity index (χ1n) is 6.51. The van der Waals surface area contributed by atoms with Crippen LogP contribution in [0.4, 0.5) is 0 Å². The predicted octanol–water partition coefficient (Wildman–Crippen LogP) is 0.135. The van der Waals surface area contributed by atoms with Crippen molar-refractivity contribution in [2.24, 2.45) is 0 Å². The molecule has 0 spiro atoms. The van der Waals surface area contributed by atoms with Crippen LogP contribution in [0.1, 0.15) is 31.3 Å². The zero-order chi connectivity index (χ0) is 14.0. The molecule has 2 heterocycles. The summed E-state index contributed by atoms with van der Waals surface area (Å²) in [6, 6.07) is 1.46. The summed E-state index contributed by atoms with van der Waals surface area (Å²) in [6.07, 6.45) is 1.73. The van der Waals surface area contributed by atoms with Crippen LogP contribution in [-0.2, 0) is 10.3 Å². The van der Waals surface area contributed by atoms with Gasteiger partial charge in [-0.05, 0) is 33.7 Å². The van der Waals surface area contributed by atoms with Gasteiger partial charge in [-0.15, -0.1) is 0 Å². The number of aromatic nitrogens is 2. The maximum absolute atomic E-state index is 12.1. The number of aromatic amines is 1. The number of H-pyrrole nitrogens is 1. The highest BCUT2D eigenvalue weighted by Crippen LogP contribution is 2.36. The van der Waals surface area contributed by atoms with Gasteiger partial charge in [-0.25, -0.2) is 4.98 Å². The molecule has 0 bridgehead atoms. The van der Waals surface area contributed by atoms with Crippen LogP contribution in [-0.4, -0.2) is 40.9 Å². The van der Waals surface area contributed by atoms with Crippen LogP contribution >= 0.6 is 0 Å². The van der Waals surface area contributed by atoms with Gasteiger partial charge in [0.25, 0.3) is 5.56 Å². The van der Waals surface area contributed by atoms with Crippen molar-refractivity contribution < 1.29 is 4.79 Å². The largest absolute Gasteiger partial charge is 0.329 e. The third kappa shape index (κ3) is 2.53. The van der Waals surface area contributed by atoms with E-state index in [1.807, 2.05) is 6.92 Å². The lowest BCUT2D eigenvalue weighted by molar-refractivity contribution is -0.134. The summed E-state index contributed by atoms with van der Waals surface area (Å²) in [5.74, 6) is 0.617. The highest BCUT2D eigenvalue weighted by molar-refractivity contribution is 5.79. The van der Waals surface area contributed by atoms with Crippen LogP contribution in [0.15, 0.2) is 10.9 Å². The van der Waals surface area contributed by atoms with E-state index in [9.17, 15) is 9.59 Å². The number of nitrogens with zero attached hydrogens (tertiary/aromatic N) is 2. The average Bonchev–Trinajstić information content (AvgIpc) is 2.72. The van der Waals surface area contributed by atoms with Gasteiger partial charge in [0.2, 0.25) is 5.91 Å². The Hall–Kier alpha value is -1.69. The van der Waals surface area contributed by atoms with Crippen molar-refractivity contribution in [2.75, 3.05) is 20.1 Å². The van der Waals surface area contributed by atoms with Gasteiger partial charge in [-0.3, -0.25) is 9.59 Å². The van der Waals surface area contributed by atoms with E-state index >= 15 is 0 Å². The van der Waals surface area contributed by atoms with Crippen molar-refractivity contribution >= 4 is 5.91 Å². The second-order valence-electron chi connectivity index (χ2n) is 5.19. The number of rotatable bonds is 3. The smallest absolute Gasteiger partial charge is 0.251 e. The zero-order valence-corrected chi connectivity index (χ0v) is 11.6. The van der Waals surface area contributed by atoms with E-state index in [0.717, 1.165) is 12.8 Å². The minimum Gasteiger partial charge on any atom is -0.329 e. The molecule has 19 heavy (non-hydrogen) atoms. The highest BCUT2D eigenvalue weighted by atomic mass is 16.2. The summed E-state index contributed by atoms with van der Waals surface area (Å²) < 4.78 is 0. The van der Waals surface area contributed by atoms with Gasteiger partial charge in [-0.1, -0.05) is 0 Å². The normalized spacial score (nSPS) is 22.8. The highest BCUT2D eigenvalue weighted by Gasteiger charge is 2.42. The summed E-state index contributed by atoms with van der Waals surface area (Å²) in [6.45, 7) is 4.75. The van der Waals surface area contributed by atoms with Crippen molar-refractivity contribution in [1.82, 2.24) is 20.2 Å². The van der Waals surface area contributed by atoms with E-state index in [1.54, 1.807) is 18.9 Å². The molecular weight excluding hydrogens is 244 g/mol. The fourth-order valence-corrected chi connectivity index (χ4v) is 2.69. The van der Waals surface area contributed by atoms with E-state index in [1.165, 1.54) is 6.07 Å². The summed E-state index contributed by atoms with van der Waals surface area (Å²) >= 11 is 0. The number of likely N-dealkylation sites (tertiary alicyclic amines) is 1. The standard InChI is InChI=1S/C13H20N4O2/c1-9-7-10(18)16-12(15-9)13(2)5-4-6-17(13)11(19)8-14-3/h7,14H,4-6,8H2,1-3H3,(H,15,16,18). The minimum atomic E-state index is -0.515. The van der Waals surface area contributed by atoms with Crippen LogP contribution in [0, 0.1) is 6.92 Å². The van der Waals surface area contributed by atoms with Gasteiger partial charge in [0.1, 0.15) is 5.82 Å². The summed E-state index contributed by atoms with van der Waals surface area (Å²) in [5.41, 5.74) is -0.0106. The molecule has 1 aromatic heterocycles. The molecule has 6 nitrogen and oxygen atoms in total. The van der Waals surface area contributed by atoms with Crippen molar-refractivity contribution in [2.45, 2.75) is 32.2 Å². The number of carbonyl (C=O) groups is 1. The van der Waals surface area contributed by atoms with Crippen LogP contribution in [0.25, 0.3) is 0 Å². The Morgan fingerprint density at radius 3 is 3.00 bits per heavy atom. The molecule has 1 unspecified atom stereocenters. The summed E-state index contributed by atoms with van der Waals surface area (Å²) in [5, 5.41) is 2.87. The molecule has 1 amide bonds. The molecule has 1 aliphatic rings. The molecule has 104 valence electrons. The van der Waals surface area contributed by atoms with E-state index in [4.69, 9.17) is 0 Å². The molecule has 0 aromatic carbocycles. The Labute approximate surface area is 112 Å². The van der Waals surface area contributed by atoms with Gasteiger partial charge in [0.05, 0.1) is 12.1 Å². The lowest BCUT2D eigenvalue weighted by atomic mass is 9.97. The molecule has 0 radical (unpaired) electrons. The first kappa shape index (κ1) is 13.7. The second kappa shape index (κ2) is 5.13. The first-order chi connectivity index (χ1) is 8.97. The number of amides is 1.